The molecular weight excluding hydrogens is 322 g/mol. The van der Waals surface area contributed by atoms with Crippen LogP contribution in [-0.4, -0.2) is 52.0 Å². The number of hydrogen-bond donors (Lipinski definition) is 3. The highest BCUT2D eigenvalue weighted by Crippen LogP contribution is 2.15. The summed E-state index contributed by atoms with van der Waals surface area (Å²) in [5, 5.41) is 16.0. The van der Waals surface area contributed by atoms with Gasteiger partial charge in [-0.05, 0) is 33.3 Å². The number of benzene rings is 1. The molecule has 0 aromatic heterocycles. The fourth-order valence-corrected chi connectivity index (χ4v) is 3.01. The lowest BCUT2D eigenvalue weighted by Crippen LogP contribution is -2.40. The molecule has 136 valence electrons. The van der Waals surface area contributed by atoms with Crippen LogP contribution in [0, 0.1) is 0 Å². The number of nitrogens with one attached hydrogen (secondary N) is 2. The monoisotopic (exact) mass is 353 g/mol. The van der Waals surface area contributed by atoms with Gasteiger partial charge in [-0.3, -0.25) is 9.20 Å². The fraction of sp³-hybridized carbons (Fsp3) is 0.611. The summed E-state index contributed by atoms with van der Waals surface area (Å²) in [5.41, 5.74) is 1.08. The van der Waals surface area contributed by atoms with Gasteiger partial charge in [-0.1, -0.05) is 30.3 Å². The standard InChI is InChI=1S/C18H31N3O2S/c1-5-19-17(20-11-12-24(23)18(2,3)4)21-13-16(14-22)15-9-7-6-8-10-15/h6-10,16,22H,5,11-14H2,1-4H3,(H2,19,20,21). The quantitative estimate of drug-likeness (QED) is 0.493. The molecule has 0 amide bonds. The van der Waals surface area contributed by atoms with E-state index in [9.17, 15) is 9.32 Å². The van der Waals surface area contributed by atoms with Crippen LogP contribution in [0.4, 0.5) is 0 Å². The molecule has 2 unspecified atom stereocenters. The van der Waals surface area contributed by atoms with Crippen LogP contribution in [0.15, 0.2) is 35.3 Å². The zero-order valence-corrected chi connectivity index (χ0v) is 16.0. The molecule has 3 N–H and O–H groups in total. The smallest absolute Gasteiger partial charge is 0.191 e. The molecule has 1 rings (SSSR count). The molecule has 24 heavy (non-hydrogen) atoms. The largest absolute Gasteiger partial charge is 0.396 e. The average molecular weight is 354 g/mol. The van der Waals surface area contributed by atoms with Crippen LogP contribution in [0.3, 0.4) is 0 Å². The van der Waals surface area contributed by atoms with E-state index >= 15 is 0 Å². The summed E-state index contributed by atoms with van der Waals surface area (Å²) in [5.74, 6) is 1.25. The van der Waals surface area contributed by atoms with Crippen molar-refractivity contribution in [3.8, 4) is 0 Å². The second-order valence-corrected chi connectivity index (χ2v) is 8.92. The first-order valence-corrected chi connectivity index (χ1v) is 9.76. The van der Waals surface area contributed by atoms with Crippen LogP contribution in [0.1, 0.15) is 39.2 Å². The van der Waals surface area contributed by atoms with E-state index in [-0.39, 0.29) is 17.3 Å². The van der Waals surface area contributed by atoms with Crippen molar-refractivity contribution < 1.29 is 9.32 Å². The second kappa shape index (κ2) is 10.5. The van der Waals surface area contributed by atoms with E-state index in [2.05, 4.69) is 15.6 Å². The third-order valence-electron chi connectivity index (χ3n) is 3.57. The van der Waals surface area contributed by atoms with Gasteiger partial charge in [0.05, 0.1) is 13.2 Å². The number of hydrogen-bond acceptors (Lipinski definition) is 3. The van der Waals surface area contributed by atoms with Crippen molar-refractivity contribution in [3.05, 3.63) is 35.9 Å². The number of aliphatic hydroxyl groups excluding tert-OH is 1. The van der Waals surface area contributed by atoms with E-state index in [4.69, 9.17) is 0 Å². The summed E-state index contributed by atoms with van der Waals surface area (Å²) >= 11 is 0. The lowest BCUT2D eigenvalue weighted by molar-refractivity contribution is 0.268. The van der Waals surface area contributed by atoms with E-state index < -0.39 is 10.8 Å². The predicted molar refractivity (Wildman–Crippen MR) is 103 cm³/mol. The van der Waals surface area contributed by atoms with Gasteiger partial charge in [0, 0.05) is 40.3 Å². The molecule has 0 radical (unpaired) electrons. The van der Waals surface area contributed by atoms with Crippen molar-refractivity contribution in [2.24, 2.45) is 4.99 Å². The Bertz CT molecular complexity index is 527. The zero-order chi connectivity index (χ0) is 18.0. The Kier molecular flexibility index (Phi) is 9.00. The molecule has 0 saturated heterocycles. The first-order valence-electron chi connectivity index (χ1n) is 8.45. The fourth-order valence-electron chi connectivity index (χ4n) is 2.11. The zero-order valence-electron chi connectivity index (χ0n) is 15.2. The highest BCUT2D eigenvalue weighted by Gasteiger charge is 2.18. The number of guanidine groups is 1. The number of aliphatic hydroxyl groups is 1. The van der Waals surface area contributed by atoms with Gasteiger partial charge >= 0.3 is 0 Å². The Hall–Kier alpha value is -1.40. The predicted octanol–water partition coefficient (Wildman–Crippen LogP) is 1.86. The van der Waals surface area contributed by atoms with Gasteiger partial charge in [-0.2, -0.15) is 0 Å². The molecule has 0 aliphatic heterocycles. The maximum atomic E-state index is 12.1. The molecule has 2 atom stereocenters. The van der Waals surface area contributed by atoms with E-state index in [1.807, 2.05) is 58.0 Å². The first-order chi connectivity index (χ1) is 11.4. The van der Waals surface area contributed by atoms with Crippen LogP contribution in [-0.2, 0) is 10.8 Å². The normalized spacial score (nSPS) is 15.0. The Morgan fingerprint density at radius 2 is 1.92 bits per heavy atom. The summed E-state index contributed by atoms with van der Waals surface area (Å²) in [6.45, 7) is 9.86. The average Bonchev–Trinajstić information content (AvgIpc) is 2.55. The Balaban J connectivity index is 2.59. The molecule has 5 nitrogen and oxygen atoms in total. The van der Waals surface area contributed by atoms with E-state index in [1.165, 1.54) is 0 Å². The van der Waals surface area contributed by atoms with Crippen LogP contribution in [0.2, 0.25) is 0 Å². The maximum absolute atomic E-state index is 12.1. The molecule has 0 bridgehead atoms. The van der Waals surface area contributed by atoms with Crippen molar-refractivity contribution in [2.75, 3.05) is 32.0 Å². The molecule has 1 aromatic carbocycles. The summed E-state index contributed by atoms with van der Waals surface area (Å²) in [4.78, 5) is 4.56. The first kappa shape index (κ1) is 20.6. The minimum absolute atomic E-state index is 0.0228. The summed E-state index contributed by atoms with van der Waals surface area (Å²) in [6.07, 6.45) is 0. The van der Waals surface area contributed by atoms with Crippen LogP contribution in [0.5, 0.6) is 0 Å². The van der Waals surface area contributed by atoms with Crippen molar-refractivity contribution in [1.82, 2.24) is 10.6 Å². The topological polar surface area (TPSA) is 73.7 Å². The Morgan fingerprint density at radius 1 is 1.25 bits per heavy atom. The molecule has 1 aromatic rings. The second-order valence-electron chi connectivity index (χ2n) is 6.60. The molecule has 0 heterocycles. The maximum Gasteiger partial charge on any atom is 0.191 e. The van der Waals surface area contributed by atoms with Gasteiger partial charge in [0.25, 0.3) is 0 Å². The third kappa shape index (κ3) is 7.45. The van der Waals surface area contributed by atoms with Crippen molar-refractivity contribution in [3.63, 3.8) is 0 Å². The Morgan fingerprint density at radius 3 is 2.46 bits per heavy atom. The van der Waals surface area contributed by atoms with Crippen LogP contribution < -0.4 is 10.6 Å². The molecule has 0 spiro atoms. The highest BCUT2D eigenvalue weighted by atomic mass is 32.2. The number of nitrogens with zero attached hydrogens (tertiary/aromatic N) is 1. The molecule has 6 heteroatoms. The van der Waals surface area contributed by atoms with Crippen molar-refractivity contribution in [1.29, 1.82) is 0 Å². The minimum atomic E-state index is -0.887. The lowest BCUT2D eigenvalue weighted by Gasteiger charge is -2.19. The Labute approximate surface area is 148 Å². The highest BCUT2D eigenvalue weighted by molar-refractivity contribution is 7.86. The third-order valence-corrected chi connectivity index (χ3v) is 5.51. The van der Waals surface area contributed by atoms with Gasteiger partial charge in [0.2, 0.25) is 0 Å². The number of rotatable bonds is 8. The SMILES string of the molecule is CCNC(=NCC(CO)c1ccccc1)NCCS(=O)C(C)(C)C. The van der Waals surface area contributed by atoms with Crippen LogP contribution >= 0.6 is 0 Å². The van der Waals surface area contributed by atoms with Crippen LogP contribution in [0.25, 0.3) is 0 Å². The van der Waals surface area contributed by atoms with Gasteiger partial charge in [0.1, 0.15) is 0 Å². The van der Waals surface area contributed by atoms with Crippen molar-refractivity contribution in [2.45, 2.75) is 38.4 Å². The molecular formula is C18H31N3O2S. The molecule has 0 aliphatic rings. The van der Waals surface area contributed by atoms with Crippen molar-refractivity contribution >= 4 is 16.8 Å². The molecule has 0 saturated carbocycles. The summed E-state index contributed by atoms with van der Waals surface area (Å²) in [7, 11) is -0.887. The van der Waals surface area contributed by atoms with Gasteiger partial charge in [-0.15, -0.1) is 0 Å². The van der Waals surface area contributed by atoms with Gasteiger partial charge < -0.3 is 15.7 Å². The molecule has 0 aliphatic carbocycles. The summed E-state index contributed by atoms with van der Waals surface area (Å²) in [6, 6.07) is 9.90. The molecule has 0 fully saturated rings. The van der Waals surface area contributed by atoms with E-state index in [0.29, 0.717) is 24.8 Å². The lowest BCUT2D eigenvalue weighted by atomic mass is 10.0. The van der Waals surface area contributed by atoms with Gasteiger partial charge in [-0.25, -0.2) is 0 Å². The van der Waals surface area contributed by atoms with E-state index in [1.54, 1.807) is 0 Å². The summed E-state index contributed by atoms with van der Waals surface area (Å²) < 4.78 is 11.9. The minimum Gasteiger partial charge on any atom is -0.396 e. The number of aliphatic imine (C=N–C) groups is 1. The van der Waals surface area contributed by atoms with Gasteiger partial charge in [0.15, 0.2) is 5.96 Å². The van der Waals surface area contributed by atoms with E-state index in [0.717, 1.165) is 12.1 Å².